The van der Waals surface area contributed by atoms with Crippen molar-refractivity contribution in [2.24, 2.45) is 0 Å². The third kappa shape index (κ3) is 3.88. The molecule has 2 aromatic carbocycles. The lowest BCUT2D eigenvalue weighted by molar-refractivity contribution is 0.340. The lowest BCUT2D eigenvalue weighted by atomic mass is 10.1. The zero-order chi connectivity index (χ0) is 16.1. The van der Waals surface area contributed by atoms with Gasteiger partial charge in [0, 0.05) is 17.8 Å². The summed E-state index contributed by atoms with van der Waals surface area (Å²) in [5.74, 6) is 2.42. The van der Waals surface area contributed by atoms with Gasteiger partial charge in [0.15, 0.2) is 5.82 Å². The topological polar surface area (TPSA) is 62.8 Å². The van der Waals surface area contributed by atoms with E-state index >= 15 is 0 Å². The van der Waals surface area contributed by atoms with E-state index in [2.05, 4.69) is 38.7 Å². The molecule has 1 heterocycles. The summed E-state index contributed by atoms with van der Waals surface area (Å²) >= 11 is 0. The first-order chi connectivity index (χ1) is 11.2. The van der Waals surface area contributed by atoms with Crippen LogP contribution in [0.15, 0.2) is 48.5 Å². The maximum absolute atomic E-state index is 5.53. The molecule has 0 saturated carbocycles. The van der Waals surface area contributed by atoms with Gasteiger partial charge in [0.1, 0.15) is 11.6 Å². The normalized spacial score (nSPS) is 10.5. The number of hydrogen-bond donors (Lipinski definition) is 2. The number of ether oxygens (including phenoxy) is 1. The number of aromatic nitrogens is 3. The molecule has 0 radical (unpaired) electrons. The van der Waals surface area contributed by atoms with Gasteiger partial charge in [-0.1, -0.05) is 24.3 Å². The highest BCUT2D eigenvalue weighted by atomic mass is 16.5. The van der Waals surface area contributed by atoms with Crippen molar-refractivity contribution in [3.63, 3.8) is 0 Å². The van der Waals surface area contributed by atoms with Crippen molar-refractivity contribution in [2.45, 2.75) is 20.4 Å². The highest BCUT2D eigenvalue weighted by Crippen LogP contribution is 2.20. The van der Waals surface area contributed by atoms with Gasteiger partial charge in [-0.2, -0.15) is 5.10 Å². The molecule has 0 fully saturated rings. The molecule has 0 saturated heterocycles. The molecule has 3 aromatic rings. The molecule has 1 aromatic heterocycles. The highest BCUT2D eigenvalue weighted by Gasteiger charge is 2.04. The standard InChI is InChI=1S/C18H20N4O/c1-3-23-17-9-4-6-14(10-17)12-19-16-8-5-7-15(11-16)18-20-13(2)21-22-18/h4-11,19H,3,12H2,1-2H3,(H,20,21,22). The van der Waals surface area contributed by atoms with Gasteiger partial charge in [0.05, 0.1) is 6.61 Å². The number of nitrogens with one attached hydrogen (secondary N) is 2. The summed E-state index contributed by atoms with van der Waals surface area (Å²) < 4.78 is 5.53. The third-order valence-electron chi connectivity index (χ3n) is 3.42. The van der Waals surface area contributed by atoms with E-state index in [1.54, 1.807) is 0 Å². The van der Waals surface area contributed by atoms with Gasteiger partial charge in [0.25, 0.3) is 0 Å². The van der Waals surface area contributed by atoms with Crippen LogP contribution in [0, 0.1) is 6.92 Å². The summed E-state index contributed by atoms with van der Waals surface area (Å²) in [6, 6.07) is 16.2. The van der Waals surface area contributed by atoms with E-state index in [1.807, 2.05) is 44.2 Å². The van der Waals surface area contributed by atoms with Crippen molar-refractivity contribution < 1.29 is 4.74 Å². The van der Waals surface area contributed by atoms with Gasteiger partial charge >= 0.3 is 0 Å². The van der Waals surface area contributed by atoms with Gasteiger partial charge in [-0.15, -0.1) is 0 Å². The molecule has 0 spiro atoms. The van der Waals surface area contributed by atoms with E-state index in [0.717, 1.165) is 29.4 Å². The van der Waals surface area contributed by atoms with Gasteiger partial charge in [-0.25, -0.2) is 4.98 Å². The molecule has 3 rings (SSSR count). The molecule has 0 amide bonds. The molecular weight excluding hydrogens is 288 g/mol. The Hall–Kier alpha value is -2.82. The van der Waals surface area contributed by atoms with E-state index in [-0.39, 0.29) is 0 Å². The zero-order valence-corrected chi connectivity index (χ0v) is 13.3. The smallest absolute Gasteiger partial charge is 0.181 e. The van der Waals surface area contributed by atoms with Crippen molar-refractivity contribution in [1.82, 2.24) is 15.2 Å². The molecule has 118 valence electrons. The predicted molar refractivity (Wildman–Crippen MR) is 91.5 cm³/mol. The number of aromatic amines is 1. The molecule has 0 aliphatic carbocycles. The van der Waals surface area contributed by atoms with Crippen LogP contribution in [0.25, 0.3) is 11.4 Å². The van der Waals surface area contributed by atoms with Crippen LogP contribution in [0.4, 0.5) is 5.69 Å². The minimum Gasteiger partial charge on any atom is -0.494 e. The summed E-state index contributed by atoms with van der Waals surface area (Å²) in [6.45, 7) is 5.29. The fourth-order valence-corrected chi connectivity index (χ4v) is 2.36. The number of rotatable bonds is 6. The summed E-state index contributed by atoms with van der Waals surface area (Å²) in [4.78, 5) is 4.36. The Morgan fingerprint density at radius 2 is 2.00 bits per heavy atom. The van der Waals surface area contributed by atoms with E-state index in [0.29, 0.717) is 12.4 Å². The predicted octanol–water partition coefficient (Wildman–Crippen LogP) is 3.79. The number of aryl methyl sites for hydroxylation is 1. The number of hydrogen-bond acceptors (Lipinski definition) is 4. The SMILES string of the molecule is CCOc1cccc(CNc2cccc(-c3n[nH]c(C)n3)c2)c1. The number of anilines is 1. The second-order valence-electron chi connectivity index (χ2n) is 5.26. The second-order valence-corrected chi connectivity index (χ2v) is 5.26. The first kappa shape index (κ1) is 15.1. The third-order valence-corrected chi connectivity index (χ3v) is 3.42. The van der Waals surface area contributed by atoms with Crippen LogP contribution in [0.3, 0.4) is 0 Å². The van der Waals surface area contributed by atoms with Crippen LogP contribution < -0.4 is 10.1 Å². The molecule has 0 aliphatic rings. The van der Waals surface area contributed by atoms with Gasteiger partial charge in [-0.05, 0) is 43.7 Å². The van der Waals surface area contributed by atoms with Crippen molar-refractivity contribution in [2.75, 3.05) is 11.9 Å². The van der Waals surface area contributed by atoms with E-state index < -0.39 is 0 Å². The van der Waals surface area contributed by atoms with Crippen molar-refractivity contribution >= 4 is 5.69 Å². The van der Waals surface area contributed by atoms with Crippen LogP contribution >= 0.6 is 0 Å². The van der Waals surface area contributed by atoms with Gasteiger partial charge in [-0.3, -0.25) is 5.10 Å². The van der Waals surface area contributed by atoms with Crippen molar-refractivity contribution in [1.29, 1.82) is 0 Å². The molecule has 2 N–H and O–H groups in total. The van der Waals surface area contributed by atoms with Crippen LogP contribution in [0.5, 0.6) is 5.75 Å². The maximum atomic E-state index is 5.53. The average molecular weight is 308 g/mol. The van der Waals surface area contributed by atoms with E-state index in [4.69, 9.17) is 4.74 Å². The fourth-order valence-electron chi connectivity index (χ4n) is 2.36. The van der Waals surface area contributed by atoms with Crippen LogP contribution in [0.2, 0.25) is 0 Å². The van der Waals surface area contributed by atoms with Crippen LogP contribution in [-0.4, -0.2) is 21.8 Å². The Bertz CT molecular complexity index is 782. The monoisotopic (exact) mass is 308 g/mol. The minimum absolute atomic E-state index is 0.676. The quantitative estimate of drug-likeness (QED) is 0.727. The van der Waals surface area contributed by atoms with Crippen molar-refractivity contribution in [3.8, 4) is 17.1 Å². The largest absolute Gasteiger partial charge is 0.494 e. The summed E-state index contributed by atoms with van der Waals surface area (Å²) in [7, 11) is 0. The Morgan fingerprint density at radius 1 is 1.13 bits per heavy atom. The number of nitrogens with zero attached hydrogens (tertiary/aromatic N) is 2. The van der Waals surface area contributed by atoms with Crippen LogP contribution in [0.1, 0.15) is 18.3 Å². The zero-order valence-electron chi connectivity index (χ0n) is 13.3. The Morgan fingerprint density at radius 3 is 2.78 bits per heavy atom. The molecule has 5 nitrogen and oxygen atoms in total. The molecular formula is C18H20N4O. The van der Waals surface area contributed by atoms with E-state index in [1.165, 1.54) is 5.56 Å². The Labute approximate surface area is 135 Å². The Kier molecular flexibility index (Phi) is 4.57. The molecule has 5 heteroatoms. The van der Waals surface area contributed by atoms with E-state index in [9.17, 15) is 0 Å². The van der Waals surface area contributed by atoms with Crippen LogP contribution in [-0.2, 0) is 6.54 Å². The molecule has 0 atom stereocenters. The summed E-state index contributed by atoms with van der Waals surface area (Å²) in [5, 5.41) is 10.5. The first-order valence-corrected chi connectivity index (χ1v) is 7.69. The lowest BCUT2D eigenvalue weighted by Gasteiger charge is -2.09. The summed E-state index contributed by atoms with van der Waals surface area (Å²) in [5.41, 5.74) is 3.20. The molecule has 0 unspecified atom stereocenters. The molecule has 23 heavy (non-hydrogen) atoms. The second kappa shape index (κ2) is 6.96. The minimum atomic E-state index is 0.676. The Balaban J connectivity index is 1.70. The number of benzene rings is 2. The number of H-pyrrole nitrogens is 1. The molecule has 0 aliphatic heterocycles. The maximum Gasteiger partial charge on any atom is 0.181 e. The van der Waals surface area contributed by atoms with Gasteiger partial charge < -0.3 is 10.1 Å². The van der Waals surface area contributed by atoms with Crippen molar-refractivity contribution in [3.05, 3.63) is 59.9 Å². The average Bonchev–Trinajstić information content (AvgIpc) is 3.01. The molecule has 0 bridgehead atoms. The van der Waals surface area contributed by atoms with Gasteiger partial charge in [0.2, 0.25) is 0 Å². The lowest BCUT2D eigenvalue weighted by Crippen LogP contribution is -2.00. The first-order valence-electron chi connectivity index (χ1n) is 7.69. The summed E-state index contributed by atoms with van der Waals surface area (Å²) in [6.07, 6.45) is 0. The fraction of sp³-hybridized carbons (Fsp3) is 0.222. The highest BCUT2D eigenvalue weighted by molar-refractivity contribution is 5.62.